The zero-order valence-electron chi connectivity index (χ0n) is 11.3. The minimum absolute atomic E-state index is 0.282. The third-order valence-corrected chi connectivity index (χ3v) is 4.78. The highest BCUT2D eigenvalue weighted by atomic mass is 32.1. The van der Waals surface area contributed by atoms with E-state index >= 15 is 0 Å². The molecule has 2 rings (SSSR count). The van der Waals surface area contributed by atoms with Crippen molar-refractivity contribution in [1.29, 1.82) is 0 Å². The fourth-order valence-corrected chi connectivity index (χ4v) is 3.51. The third-order valence-electron chi connectivity index (χ3n) is 2.90. The fourth-order valence-electron chi connectivity index (χ4n) is 1.87. The van der Waals surface area contributed by atoms with Gasteiger partial charge in [0, 0.05) is 16.7 Å². The number of hydrogen-bond acceptors (Lipinski definition) is 5. The molecular weight excluding hydrogens is 262 g/mol. The first kappa shape index (κ1) is 13.6. The van der Waals surface area contributed by atoms with Gasteiger partial charge >= 0.3 is 0 Å². The lowest BCUT2D eigenvalue weighted by Gasteiger charge is -2.14. The van der Waals surface area contributed by atoms with Crippen LogP contribution < -0.4 is 5.32 Å². The van der Waals surface area contributed by atoms with E-state index in [1.807, 2.05) is 0 Å². The molecule has 0 spiro atoms. The molecular formula is C13H19N3S2. The lowest BCUT2D eigenvalue weighted by atomic mass is 10.1. The first-order valence-electron chi connectivity index (χ1n) is 6.18. The second-order valence-corrected chi connectivity index (χ2v) is 6.70. The van der Waals surface area contributed by atoms with Gasteiger partial charge in [-0.05, 0) is 27.3 Å². The number of nitrogens with one attached hydrogen (secondary N) is 1. The zero-order valence-corrected chi connectivity index (χ0v) is 12.9. The van der Waals surface area contributed by atoms with Crippen LogP contribution >= 0.6 is 22.7 Å². The standard InChI is InChI=1S/C13H19N3S2/c1-5-14-11(12-7-17-10(4)16-12)6-13-15-8(2)9(3)18-13/h7,11,14H,5-6H2,1-4H3. The van der Waals surface area contributed by atoms with Crippen LogP contribution in [0.5, 0.6) is 0 Å². The van der Waals surface area contributed by atoms with Crippen molar-refractivity contribution < 1.29 is 0 Å². The molecule has 5 heteroatoms. The summed E-state index contributed by atoms with van der Waals surface area (Å²) in [4.78, 5) is 10.5. The molecule has 3 nitrogen and oxygen atoms in total. The molecule has 0 aliphatic carbocycles. The molecule has 0 aliphatic rings. The highest BCUT2D eigenvalue weighted by Gasteiger charge is 2.16. The molecule has 0 aliphatic heterocycles. The van der Waals surface area contributed by atoms with Crippen LogP contribution in [-0.2, 0) is 6.42 Å². The van der Waals surface area contributed by atoms with Crippen molar-refractivity contribution in [1.82, 2.24) is 15.3 Å². The summed E-state index contributed by atoms with van der Waals surface area (Å²) in [5.41, 5.74) is 2.30. The van der Waals surface area contributed by atoms with E-state index in [0.29, 0.717) is 0 Å². The summed E-state index contributed by atoms with van der Waals surface area (Å²) in [5, 5.41) is 7.97. The van der Waals surface area contributed by atoms with Crippen LogP contribution in [0.4, 0.5) is 0 Å². The molecule has 18 heavy (non-hydrogen) atoms. The highest BCUT2D eigenvalue weighted by molar-refractivity contribution is 7.11. The number of thiazole rings is 2. The number of nitrogens with zero attached hydrogens (tertiary/aromatic N) is 2. The number of hydrogen-bond donors (Lipinski definition) is 1. The average Bonchev–Trinajstić information content (AvgIpc) is 2.86. The van der Waals surface area contributed by atoms with E-state index in [1.165, 1.54) is 9.88 Å². The summed E-state index contributed by atoms with van der Waals surface area (Å²) in [6, 6.07) is 0.282. The molecule has 0 saturated carbocycles. The molecule has 0 amide bonds. The van der Waals surface area contributed by atoms with Gasteiger partial charge in [0.25, 0.3) is 0 Å². The van der Waals surface area contributed by atoms with Crippen molar-refractivity contribution in [3.8, 4) is 0 Å². The van der Waals surface area contributed by atoms with Gasteiger partial charge in [-0.25, -0.2) is 9.97 Å². The van der Waals surface area contributed by atoms with Crippen LogP contribution in [0.15, 0.2) is 5.38 Å². The second-order valence-electron chi connectivity index (χ2n) is 4.35. The van der Waals surface area contributed by atoms with Crippen molar-refractivity contribution in [2.75, 3.05) is 6.54 Å². The molecule has 1 atom stereocenters. The number of likely N-dealkylation sites (N-methyl/N-ethyl adjacent to an activating group) is 1. The van der Waals surface area contributed by atoms with Crippen molar-refractivity contribution in [2.24, 2.45) is 0 Å². The van der Waals surface area contributed by atoms with Crippen LogP contribution in [0.25, 0.3) is 0 Å². The highest BCUT2D eigenvalue weighted by Crippen LogP contribution is 2.24. The van der Waals surface area contributed by atoms with Gasteiger partial charge in [-0.15, -0.1) is 22.7 Å². The van der Waals surface area contributed by atoms with E-state index < -0.39 is 0 Å². The Bertz CT molecular complexity index is 497. The van der Waals surface area contributed by atoms with E-state index in [9.17, 15) is 0 Å². The monoisotopic (exact) mass is 281 g/mol. The number of aromatic nitrogens is 2. The van der Waals surface area contributed by atoms with Gasteiger partial charge in [0.15, 0.2) is 0 Å². The maximum Gasteiger partial charge on any atom is 0.0950 e. The molecule has 0 fully saturated rings. The Kier molecular flexibility index (Phi) is 4.48. The van der Waals surface area contributed by atoms with Gasteiger partial charge in [0.05, 0.1) is 27.4 Å². The molecule has 2 aromatic heterocycles. The minimum Gasteiger partial charge on any atom is -0.309 e. The molecule has 2 aromatic rings. The van der Waals surface area contributed by atoms with Crippen LogP contribution in [0.1, 0.15) is 39.2 Å². The van der Waals surface area contributed by atoms with Gasteiger partial charge in [0.1, 0.15) is 0 Å². The first-order chi connectivity index (χ1) is 8.60. The topological polar surface area (TPSA) is 37.8 Å². The Morgan fingerprint density at radius 2 is 2.06 bits per heavy atom. The Morgan fingerprint density at radius 1 is 1.28 bits per heavy atom. The molecule has 98 valence electrons. The maximum absolute atomic E-state index is 4.62. The Morgan fingerprint density at radius 3 is 2.56 bits per heavy atom. The largest absolute Gasteiger partial charge is 0.309 e. The molecule has 1 N–H and O–H groups in total. The molecule has 2 heterocycles. The predicted molar refractivity (Wildman–Crippen MR) is 78.6 cm³/mol. The third kappa shape index (κ3) is 3.16. The number of aryl methyl sites for hydroxylation is 3. The van der Waals surface area contributed by atoms with Crippen molar-refractivity contribution in [3.05, 3.63) is 31.7 Å². The molecule has 0 radical (unpaired) electrons. The van der Waals surface area contributed by atoms with Crippen molar-refractivity contribution >= 4 is 22.7 Å². The SMILES string of the molecule is CCNC(Cc1nc(C)c(C)s1)c1csc(C)n1. The van der Waals surface area contributed by atoms with E-state index in [-0.39, 0.29) is 6.04 Å². The van der Waals surface area contributed by atoms with E-state index in [2.05, 4.69) is 48.4 Å². The van der Waals surface area contributed by atoms with E-state index in [0.717, 1.165) is 29.4 Å². The summed E-state index contributed by atoms with van der Waals surface area (Å²) in [6.07, 6.45) is 0.927. The molecule has 0 bridgehead atoms. The quantitative estimate of drug-likeness (QED) is 0.912. The Hall–Kier alpha value is -0.780. The van der Waals surface area contributed by atoms with Crippen LogP contribution in [0.3, 0.4) is 0 Å². The predicted octanol–water partition coefficient (Wildman–Crippen LogP) is 3.42. The van der Waals surface area contributed by atoms with Gasteiger partial charge in [0.2, 0.25) is 0 Å². The van der Waals surface area contributed by atoms with Crippen LogP contribution in [0.2, 0.25) is 0 Å². The lowest BCUT2D eigenvalue weighted by Crippen LogP contribution is -2.23. The van der Waals surface area contributed by atoms with Crippen LogP contribution in [-0.4, -0.2) is 16.5 Å². The van der Waals surface area contributed by atoms with E-state index in [4.69, 9.17) is 0 Å². The Balaban J connectivity index is 2.15. The minimum atomic E-state index is 0.282. The molecule has 0 aromatic carbocycles. The Labute approximate surface area is 116 Å². The molecule has 0 saturated heterocycles. The lowest BCUT2D eigenvalue weighted by molar-refractivity contribution is 0.537. The van der Waals surface area contributed by atoms with Gasteiger partial charge in [-0.2, -0.15) is 0 Å². The molecule has 1 unspecified atom stereocenters. The first-order valence-corrected chi connectivity index (χ1v) is 7.88. The van der Waals surface area contributed by atoms with Gasteiger partial charge < -0.3 is 5.32 Å². The maximum atomic E-state index is 4.62. The average molecular weight is 281 g/mol. The second kappa shape index (κ2) is 5.91. The summed E-state index contributed by atoms with van der Waals surface area (Å²) in [7, 11) is 0. The zero-order chi connectivity index (χ0) is 13.1. The van der Waals surface area contributed by atoms with Crippen molar-refractivity contribution in [3.63, 3.8) is 0 Å². The van der Waals surface area contributed by atoms with Gasteiger partial charge in [-0.1, -0.05) is 6.92 Å². The smallest absolute Gasteiger partial charge is 0.0950 e. The summed E-state index contributed by atoms with van der Waals surface area (Å²) >= 11 is 3.50. The summed E-state index contributed by atoms with van der Waals surface area (Å²) in [6.45, 7) is 9.33. The van der Waals surface area contributed by atoms with Crippen molar-refractivity contribution in [2.45, 2.75) is 40.2 Å². The summed E-state index contributed by atoms with van der Waals surface area (Å²) in [5.74, 6) is 0. The van der Waals surface area contributed by atoms with E-state index in [1.54, 1.807) is 22.7 Å². The van der Waals surface area contributed by atoms with Gasteiger partial charge in [-0.3, -0.25) is 0 Å². The number of rotatable bonds is 5. The fraction of sp³-hybridized carbons (Fsp3) is 0.538. The normalized spacial score (nSPS) is 12.9. The summed E-state index contributed by atoms with van der Waals surface area (Å²) < 4.78 is 0. The van der Waals surface area contributed by atoms with Crippen LogP contribution in [0, 0.1) is 20.8 Å².